The maximum absolute atomic E-state index is 12.5. The lowest BCUT2D eigenvalue weighted by atomic mass is 10.0. The van der Waals surface area contributed by atoms with Crippen molar-refractivity contribution < 1.29 is 9.53 Å². The van der Waals surface area contributed by atoms with Gasteiger partial charge in [-0.25, -0.2) is 4.79 Å². The summed E-state index contributed by atoms with van der Waals surface area (Å²) < 4.78 is 5.06. The van der Waals surface area contributed by atoms with Gasteiger partial charge in [0.15, 0.2) is 6.04 Å². The molecule has 0 spiro atoms. The van der Waals surface area contributed by atoms with Crippen molar-refractivity contribution in [2.45, 2.75) is 6.04 Å². The molecule has 4 nitrogen and oxygen atoms in total. The van der Waals surface area contributed by atoms with E-state index in [1.807, 2.05) is 65.7 Å². The number of nitrogens with zero attached hydrogens (tertiary/aromatic N) is 1. The fourth-order valence-electron chi connectivity index (χ4n) is 3.14. The van der Waals surface area contributed by atoms with Gasteiger partial charge >= 0.3 is 5.97 Å². The Morgan fingerprint density at radius 1 is 1.09 bits per heavy atom. The van der Waals surface area contributed by atoms with Crippen LogP contribution in [0.5, 0.6) is 0 Å². The van der Waals surface area contributed by atoms with Gasteiger partial charge in [0.05, 0.1) is 12.8 Å². The number of nitrogens with one attached hydrogen (secondary N) is 1. The van der Waals surface area contributed by atoms with Gasteiger partial charge in [-0.1, -0.05) is 36.4 Å². The van der Waals surface area contributed by atoms with Crippen LogP contribution in [0.1, 0.15) is 17.3 Å². The Hall–Kier alpha value is -3.01. The van der Waals surface area contributed by atoms with Crippen molar-refractivity contribution >= 4 is 28.6 Å². The number of H-pyrrole nitrogens is 1. The number of fused-ring (bicyclic) bond motifs is 3. The number of ether oxygens (including phenoxy) is 1. The molecule has 0 radical (unpaired) electrons. The average molecular weight is 304 g/mol. The highest BCUT2D eigenvalue weighted by molar-refractivity contribution is 5.96. The average Bonchev–Trinajstić information content (AvgIpc) is 2.99. The van der Waals surface area contributed by atoms with E-state index in [2.05, 4.69) is 11.1 Å². The van der Waals surface area contributed by atoms with E-state index in [4.69, 9.17) is 4.74 Å². The smallest absolute Gasteiger partial charge is 0.335 e. The third kappa shape index (κ3) is 2.11. The minimum atomic E-state index is -0.519. The first-order valence-electron chi connectivity index (χ1n) is 7.49. The number of benzene rings is 2. The van der Waals surface area contributed by atoms with Crippen molar-refractivity contribution in [3.8, 4) is 0 Å². The van der Waals surface area contributed by atoms with E-state index < -0.39 is 6.04 Å². The van der Waals surface area contributed by atoms with Crippen LogP contribution in [0.15, 0.2) is 60.8 Å². The maximum Gasteiger partial charge on any atom is 0.335 e. The summed E-state index contributed by atoms with van der Waals surface area (Å²) in [5.41, 5.74) is 3.88. The number of rotatable bonds is 2. The number of methoxy groups -OCH3 is 1. The lowest BCUT2D eigenvalue weighted by Crippen LogP contribution is -2.33. The lowest BCUT2D eigenvalue weighted by Gasteiger charge is -2.31. The van der Waals surface area contributed by atoms with Gasteiger partial charge in [-0.15, -0.1) is 0 Å². The summed E-state index contributed by atoms with van der Waals surface area (Å²) in [6.07, 6.45) is 3.99. The van der Waals surface area contributed by atoms with Crippen LogP contribution >= 0.6 is 0 Å². The number of esters is 1. The minimum absolute atomic E-state index is 0.286. The van der Waals surface area contributed by atoms with Gasteiger partial charge in [0, 0.05) is 28.4 Å². The topological polar surface area (TPSA) is 45.3 Å². The van der Waals surface area contributed by atoms with E-state index in [1.165, 1.54) is 7.11 Å². The molecular formula is C19H16N2O2. The van der Waals surface area contributed by atoms with Crippen molar-refractivity contribution in [3.63, 3.8) is 0 Å². The molecule has 114 valence electrons. The molecule has 2 aromatic carbocycles. The van der Waals surface area contributed by atoms with Gasteiger partial charge in [-0.2, -0.15) is 0 Å². The van der Waals surface area contributed by atoms with Crippen LogP contribution in [-0.4, -0.2) is 18.1 Å². The van der Waals surface area contributed by atoms with E-state index in [1.54, 1.807) is 0 Å². The Bertz CT molecular complexity index is 896. The second-order valence-corrected chi connectivity index (χ2v) is 5.48. The Kier molecular flexibility index (Phi) is 3.15. The molecule has 3 aromatic rings. The second-order valence-electron chi connectivity index (χ2n) is 5.48. The standard InChI is InChI=1S/C19H16N2O2/c1-23-19(22)18-17-15(14-9-5-6-10-16(14)20-17)11-12-21(18)13-7-3-2-4-8-13/h2-12,18,20H,1H3. The highest BCUT2D eigenvalue weighted by atomic mass is 16.5. The first-order chi connectivity index (χ1) is 11.3. The molecule has 1 unspecified atom stereocenters. The maximum atomic E-state index is 12.5. The fraction of sp³-hybridized carbons (Fsp3) is 0.105. The zero-order valence-electron chi connectivity index (χ0n) is 12.7. The number of aromatic amines is 1. The molecule has 1 aliphatic heterocycles. The molecule has 0 saturated carbocycles. The van der Waals surface area contributed by atoms with Gasteiger partial charge in [0.2, 0.25) is 0 Å². The highest BCUT2D eigenvalue weighted by Gasteiger charge is 2.34. The van der Waals surface area contributed by atoms with E-state index in [9.17, 15) is 4.79 Å². The second kappa shape index (κ2) is 5.32. The summed E-state index contributed by atoms with van der Waals surface area (Å²) in [6.45, 7) is 0. The summed E-state index contributed by atoms with van der Waals surface area (Å²) in [5, 5.41) is 1.11. The van der Waals surface area contributed by atoms with Crippen molar-refractivity contribution in [2.24, 2.45) is 0 Å². The number of hydrogen-bond acceptors (Lipinski definition) is 3. The molecule has 23 heavy (non-hydrogen) atoms. The SMILES string of the molecule is COC(=O)C1c2[nH]c3ccccc3c2C=CN1c1ccccc1. The van der Waals surface area contributed by atoms with Crippen molar-refractivity contribution in [3.05, 3.63) is 72.1 Å². The van der Waals surface area contributed by atoms with Crippen LogP contribution in [0, 0.1) is 0 Å². The van der Waals surface area contributed by atoms with E-state index in [0.29, 0.717) is 0 Å². The molecule has 1 aliphatic rings. The number of carbonyl (C=O) groups is 1. The molecular weight excluding hydrogens is 288 g/mol. The number of anilines is 1. The van der Waals surface area contributed by atoms with Gasteiger partial charge in [0.1, 0.15) is 0 Å². The molecule has 2 heterocycles. The monoisotopic (exact) mass is 304 g/mol. The number of carbonyl (C=O) groups excluding carboxylic acids is 1. The van der Waals surface area contributed by atoms with Crippen LogP contribution < -0.4 is 4.90 Å². The minimum Gasteiger partial charge on any atom is -0.467 e. The first kappa shape index (κ1) is 13.6. The van der Waals surface area contributed by atoms with Gasteiger partial charge < -0.3 is 14.6 Å². The fourth-order valence-corrected chi connectivity index (χ4v) is 3.14. The Morgan fingerprint density at radius 2 is 1.83 bits per heavy atom. The van der Waals surface area contributed by atoms with Crippen LogP contribution in [0.25, 0.3) is 17.0 Å². The predicted molar refractivity (Wildman–Crippen MR) is 91.0 cm³/mol. The zero-order chi connectivity index (χ0) is 15.8. The van der Waals surface area contributed by atoms with Crippen LogP contribution in [0.2, 0.25) is 0 Å². The summed E-state index contributed by atoms with van der Waals surface area (Å²) in [5.74, 6) is -0.286. The van der Waals surface area contributed by atoms with Crippen molar-refractivity contribution in [2.75, 3.05) is 12.0 Å². The molecule has 0 fully saturated rings. The van der Waals surface area contributed by atoms with E-state index in [-0.39, 0.29) is 5.97 Å². The largest absolute Gasteiger partial charge is 0.467 e. The molecule has 4 heteroatoms. The Balaban J connectivity index is 1.91. The molecule has 4 rings (SSSR count). The first-order valence-corrected chi connectivity index (χ1v) is 7.49. The molecule has 0 amide bonds. The normalized spacial score (nSPS) is 16.4. The predicted octanol–water partition coefficient (Wildman–Crippen LogP) is 3.87. The van der Waals surface area contributed by atoms with E-state index in [0.717, 1.165) is 27.8 Å². The Labute approximate surface area is 134 Å². The summed E-state index contributed by atoms with van der Waals surface area (Å²) in [4.78, 5) is 17.8. The zero-order valence-corrected chi connectivity index (χ0v) is 12.7. The van der Waals surface area contributed by atoms with Gasteiger partial charge in [-0.3, -0.25) is 0 Å². The van der Waals surface area contributed by atoms with Gasteiger partial charge in [-0.05, 0) is 24.3 Å². The lowest BCUT2D eigenvalue weighted by molar-refractivity contribution is -0.142. The number of hydrogen-bond donors (Lipinski definition) is 1. The van der Waals surface area contributed by atoms with Crippen LogP contribution in [-0.2, 0) is 9.53 Å². The number of para-hydroxylation sites is 2. The quantitative estimate of drug-likeness (QED) is 0.731. The molecule has 1 N–H and O–H groups in total. The molecule has 1 atom stereocenters. The van der Waals surface area contributed by atoms with Crippen molar-refractivity contribution in [1.82, 2.24) is 4.98 Å². The van der Waals surface area contributed by atoms with Crippen LogP contribution in [0.3, 0.4) is 0 Å². The van der Waals surface area contributed by atoms with Crippen LogP contribution in [0.4, 0.5) is 5.69 Å². The molecule has 0 aliphatic carbocycles. The van der Waals surface area contributed by atoms with E-state index >= 15 is 0 Å². The third-order valence-corrected chi connectivity index (χ3v) is 4.21. The summed E-state index contributed by atoms with van der Waals surface area (Å²) in [7, 11) is 1.42. The molecule has 0 bridgehead atoms. The third-order valence-electron chi connectivity index (χ3n) is 4.21. The highest BCUT2D eigenvalue weighted by Crippen LogP contribution is 2.38. The number of aromatic nitrogens is 1. The molecule has 1 aromatic heterocycles. The summed E-state index contributed by atoms with van der Waals surface area (Å²) in [6, 6.07) is 17.4. The summed E-state index contributed by atoms with van der Waals surface area (Å²) >= 11 is 0. The Morgan fingerprint density at radius 3 is 2.61 bits per heavy atom. The molecule has 0 saturated heterocycles. The van der Waals surface area contributed by atoms with Gasteiger partial charge in [0.25, 0.3) is 0 Å². The van der Waals surface area contributed by atoms with Crippen molar-refractivity contribution in [1.29, 1.82) is 0 Å².